The van der Waals surface area contributed by atoms with Crippen molar-refractivity contribution in [1.82, 2.24) is 19.4 Å². The molecule has 0 unspecified atom stereocenters. The Hall–Kier alpha value is -2.91. The highest BCUT2D eigenvalue weighted by atomic mass is 35.5. The van der Waals surface area contributed by atoms with Gasteiger partial charge in [-0.3, -0.25) is 9.52 Å². The number of aryl methyl sites for hydroxylation is 2. The molecule has 0 aliphatic carbocycles. The van der Waals surface area contributed by atoms with Crippen LogP contribution in [0.5, 0.6) is 0 Å². The summed E-state index contributed by atoms with van der Waals surface area (Å²) in [6.45, 7) is 4.06. The number of hydrogen-bond acceptors (Lipinski definition) is 5. The highest BCUT2D eigenvalue weighted by Crippen LogP contribution is 2.26. The summed E-state index contributed by atoms with van der Waals surface area (Å²) < 4.78 is 27.3. The Morgan fingerprint density at radius 2 is 1.90 bits per heavy atom. The fraction of sp³-hybridized carbons (Fsp3) is 0.211. The van der Waals surface area contributed by atoms with Crippen LogP contribution in [0.4, 0.5) is 5.69 Å². The van der Waals surface area contributed by atoms with Crippen LogP contribution < -0.4 is 10.3 Å². The molecule has 0 spiro atoms. The molecule has 4 aromatic rings. The lowest BCUT2D eigenvalue weighted by molar-refractivity contribution is 0.607. The third-order valence-corrected chi connectivity index (χ3v) is 5.50. The second-order valence-corrected chi connectivity index (χ2v) is 9.21. The van der Waals surface area contributed by atoms with Gasteiger partial charge in [0.25, 0.3) is 5.56 Å². The normalized spacial score (nSPS) is 12.0. The molecule has 0 aliphatic heterocycles. The summed E-state index contributed by atoms with van der Waals surface area (Å²) in [6.07, 6.45) is 5.24. The van der Waals surface area contributed by atoms with Crippen molar-refractivity contribution in [3.63, 3.8) is 0 Å². The van der Waals surface area contributed by atoms with Crippen LogP contribution in [0.2, 0.25) is 5.02 Å². The van der Waals surface area contributed by atoms with E-state index in [1.54, 1.807) is 0 Å². The van der Waals surface area contributed by atoms with Crippen LogP contribution in [0.1, 0.15) is 22.6 Å². The molecule has 0 amide bonds. The van der Waals surface area contributed by atoms with Gasteiger partial charge in [-0.15, -0.1) is 0 Å². The fourth-order valence-electron chi connectivity index (χ4n) is 3.11. The van der Waals surface area contributed by atoms with Crippen molar-refractivity contribution in [2.45, 2.75) is 20.3 Å². The highest BCUT2D eigenvalue weighted by molar-refractivity contribution is 7.92. The maximum Gasteiger partial charge on any atom is 0.258 e. The Morgan fingerprint density at radius 1 is 1.14 bits per heavy atom. The van der Waals surface area contributed by atoms with E-state index < -0.39 is 10.0 Å². The van der Waals surface area contributed by atoms with E-state index in [9.17, 15) is 13.2 Å². The minimum atomic E-state index is -3.52. The molecule has 3 heterocycles. The minimum absolute atomic E-state index is 0.120. The molecular formula is C19H18ClN5O3S. The number of nitrogens with one attached hydrogen (secondary N) is 2. The zero-order valence-electron chi connectivity index (χ0n) is 15.9. The van der Waals surface area contributed by atoms with Gasteiger partial charge in [-0.1, -0.05) is 11.6 Å². The van der Waals surface area contributed by atoms with E-state index in [0.717, 1.165) is 28.7 Å². The minimum Gasteiger partial charge on any atom is -0.310 e. The first-order chi connectivity index (χ1) is 13.6. The summed E-state index contributed by atoms with van der Waals surface area (Å²) in [5.74, 6) is 0.423. The number of H-pyrrole nitrogens is 1. The van der Waals surface area contributed by atoms with Crippen molar-refractivity contribution in [2.24, 2.45) is 0 Å². The van der Waals surface area contributed by atoms with Gasteiger partial charge in [0.1, 0.15) is 11.5 Å². The number of sulfonamides is 1. The fourth-order valence-corrected chi connectivity index (χ4v) is 3.95. The van der Waals surface area contributed by atoms with Crippen LogP contribution in [-0.4, -0.2) is 34.0 Å². The molecule has 0 bridgehead atoms. The topological polar surface area (TPSA) is 109 Å². The Kier molecular flexibility index (Phi) is 4.59. The van der Waals surface area contributed by atoms with E-state index in [1.807, 2.05) is 36.7 Å². The molecule has 0 saturated heterocycles. The Morgan fingerprint density at radius 3 is 2.62 bits per heavy atom. The molecular weight excluding hydrogens is 414 g/mol. The third-order valence-electron chi connectivity index (χ3n) is 4.60. The summed E-state index contributed by atoms with van der Waals surface area (Å²) in [5, 5.41) is 0.396. The Balaban J connectivity index is 1.76. The maximum absolute atomic E-state index is 12.5. The first-order valence-electron chi connectivity index (χ1n) is 8.74. The lowest BCUT2D eigenvalue weighted by atomic mass is 10.2. The summed E-state index contributed by atoms with van der Waals surface area (Å²) in [4.78, 5) is 24.3. The van der Waals surface area contributed by atoms with Crippen molar-refractivity contribution in [3.05, 3.63) is 68.6 Å². The predicted molar refractivity (Wildman–Crippen MR) is 113 cm³/mol. The van der Waals surface area contributed by atoms with Gasteiger partial charge >= 0.3 is 0 Å². The van der Waals surface area contributed by atoms with Gasteiger partial charge in [-0.05, 0) is 43.2 Å². The van der Waals surface area contributed by atoms with Crippen molar-refractivity contribution in [3.8, 4) is 0 Å². The van der Waals surface area contributed by atoms with Gasteiger partial charge in [-0.25, -0.2) is 18.4 Å². The lowest BCUT2D eigenvalue weighted by Crippen LogP contribution is -2.14. The number of aromatic nitrogens is 4. The summed E-state index contributed by atoms with van der Waals surface area (Å²) >= 11 is 6.10. The maximum atomic E-state index is 12.5. The van der Waals surface area contributed by atoms with Crippen LogP contribution >= 0.6 is 11.6 Å². The molecule has 8 nitrogen and oxygen atoms in total. The van der Waals surface area contributed by atoms with E-state index in [2.05, 4.69) is 19.7 Å². The second kappa shape index (κ2) is 6.85. The van der Waals surface area contributed by atoms with E-state index in [0.29, 0.717) is 17.8 Å². The SMILES string of the molecule is Cc1cc2nc(Cc3nc4cc(NS(C)(=O)=O)c(Cl)cc4c(=O)[nH]3)cn2cc1C. The first kappa shape index (κ1) is 19.4. The van der Waals surface area contributed by atoms with Crippen molar-refractivity contribution in [2.75, 3.05) is 11.0 Å². The number of fused-ring (bicyclic) bond motifs is 2. The van der Waals surface area contributed by atoms with Crippen LogP contribution in [0.3, 0.4) is 0 Å². The number of imidazole rings is 1. The van der Waals surface area contributed by atoms with Crippen molar-refractivity contribution < 1.29 is 8.42 Å². The largest absolute Gasteiger partial charge is 0.310 e. The van der Waals surface area contributed by atoms with Gasteiger partial charge in [0.2, 0.25) is 10.0 Å². The molecule has 3 aromatic heterocycles. The van der Waals surface area contributed by atoms with Crippen LogP contribution in [0.25, 0.3) is 16.6 Å². The van der Waals surface area contributed by atoms with Gasteiger partial charge in [-0.2, -0.15) is 0 Å². The molecule has 4 rings (SSSR count). The van der Waals surface area contributed by atoms with Gasteiger partial charge < -0.3 is 9.38 Å². The van der Waals surface area contributed by atoms with Gasteiger partial charge in [0.15, 0.2) is 0 Å². The number of rotatable bonds is 4. The van der Waals surface area contributed by atoms with Crippen molar-refractivity contribution in [1.29, 1.82) is 0 Å². The summed E-state index contributed by atoms with van der Waals surface area (Å²) in [5.41, 5.74) is 4.03. The number of benzene rings is 1. The van der Waals surface area contributed by atoms with E-state index in [4.69, 9.17) is 11.6 Å². The smallest absolute Gasteiger partial charge is 0.258 e. The Bertz CT molecular complexity index is 1400. The zero-order valence-corrected chi connectivity index (χ0v) is 17.5. The molecule has 0 aliphatic rings. The first-order valence-corrected chi connectivity index (χ1v) is 11.0. The number of pyridine rings is 1. The number of aromatic amines is 1. The quantitative estimate of drug-likeness (QED) is 0.516. The molecule has 10 heteroatoms. The number of halogens is 1. The lowest BCUT2D eigenvalue weighted by Gasteiger charge is -2.08. The second-order valence-electron chi connectivity index (χ2n) is 7.05. The van der Waals surface area contributed by atoms with E-state index >= 15 is 0 Å². The monoisotopic (exact) mass is 431 g/mol. The molecule has 0 saturated carbocycles. The average Bonchev–Trinajstić information content (AvgIpc) is 2.96. The summed E-state index contributed by atoms with van der Waals surface area (Å²) in [7, 11) is -3.52. The highest BCUT2D eigenvalue weighted by Gasteiger charge is 2.13. The standard InChI is InChI=1S/C19H18ClN5O3S/c1-10-4-18-21-12(9-25(18)8-11(10)2)5-17-22-15-7-16(24-29(3,27)28)14(20)6-13(15)19(26)23-17/h4,6-9,24H,5H2,1-3H3,(H,22,23,26). The molecule has 0 atom stereocenters. The number of anilines is 1. The Labute approximate surface area is 171 Å². The molecule has 29 heavy (non-hydrogen) atoms. The summed E-state index contributed by atoms with van der Waals surface area (Å²) in [6, 6.07) is 4.85. The van der Waals surface area contributed by atoms with Crippen LogP contribution in [-0.2, 0) is 16.4 Å². The van der Waals surface area contributed by atoms with E-state index in [1.165, 1.54) is 12.1 Å². The molecule has 150 valence electrons. The van der Waals surface area contributed by atoms with Crippen molar-refractivity contribution >= 4 is 43.9 Å². The third kappa shape index (κ3) is 3.96. The zero-order chi connectivity index (χ0) is 20.9. The average molecular weight is 432 g/mol. The predicted octanol–water partition coefficient (Wildman–Crippen LogP) is 2.80. The van der Waals surface area contributed by atoms with Crippen LogP contribution in [0, 0.1) is 13.8 Å². The van der Waals surface area contributed by atoms with E-state index in [-0.39, 0.29) is 21.7 Å². The number of hydrogen-bond donors (Lipinski definition) is 2. The molecule has 0 radical (unpaired) electrons. The molecule has 0 fully saturated rings. The molecule has 2 N–H and O–H groups in total. The molecule has 1 aromatic carbocycles. The van der Waals surface area contributed by atoms with Crippen LogP contribution in [0.15, 0.2) is 35.4 Å². The van der Waals surface area contributed by atoms with Gasteiger partial charge in [0.05, 0.1) is 33.6 Å². The van der Waals surface area contributed by atoms with Gasteiger partial charge in [0, 0.05) is 18.8 Å². The number of nitrogens with zero attached hydrogens (tertiary/aromatic N) is 3.